The van der Waals surface area contributed by atoms with Gasteiger partial charge in [0.2, 0.25) is 0 Å². The summed E-state index contributed by atoms with van der Waals surface area (Å²) in [7, 11) is 1.21. The minimum atomic E-state index is -0.767. The van der Waals surface area contributed by atoms with Crippen molar-refractivity contribution in [3.63, 3.8) is 0 Å². The molecule has 0 aliphatic heterocycles. The molecule has 0 spiro atoms. The zero-order valence-corrected chi connectivity index (χ0v) is 12.6. The smallest absolute Gasteiger partial charge is 0.354 e. The van der Waals surface area contributed by atoms with Crippen molar-refractivity contribution in [3.05, 3.63) is 45.3 Å². The molecule has 2 rings (SSSR count). The molecule has 21 heavy (non-hydrogen) atoms. The average molecular weight is 332 g/mol. The SMILES string of the molecule is COC(=O)/C(=C/C1CC1)NC(=O)c1cc(F)c(Cl)cc1Cl. The Labute approximate surface area is 130 Å². The molecule has 0 unspecified atom stereocenters. The van der Waals surface area contributed by atoms with E-state index in [4.69, 9.17) is 23.2 Å². The lowest BCUT2D eigenvalue weighted by molar-refractivity contribution is -0.136. The highest BCUT2D eigenvalue weighted by Crippen LogP contribution is 2.31. The summed E-state index contributed by atoms with van der Waals surface area (Å²) in [6.45, 7) is 0. The van der Waals surface area contributed by atoms with Crippen LogP contribution in [-0.2, 0) is 9.53 Å². The number of hydrogen-bond acceptors (Lipinski definition) is 3. The second kappa shape index (κ2) is 6.45. The van der Waals surface area contributed by atoms with Crippen molar-refractivity contribution in [1.29, 1.82) is 0 Å². The van der Waals surface area contributed by atoms with Crippen LogP contribution in [0.2, 0.25) is 10.0 Å². The van der Waals surface area contributed by atoms with E-state index in [1.54, 1.807) is 6.08 Å². The Balaban J connectivity index is 2.23. The largest absolute Gasteiger partial charge is 0.464 e. The molecule has 0 bridgehead atoms. The molecule has 1 aliphatic carbocycles. The lowest BCUT2D eigenvalue weighted by atomic mass is 10.2. The number of halogens is 3. The number of methoxy groups -OCH3 is 1. The van der Waals surface area contributed by atoms with Crippen molar-refractivity contribution in [3.8, 4) is 0 Å². The average Bonchev–Trinajstić information content (AvgIpc) is 3.25. The number of allylic oxidation sites excluding steroid dienone is 1. The van der Waals surface area contributed by atoms with E-state index < -0.39 is 17.7 Å². The Morgan fingerprint density at radius 1 is 1.33 bits per heavy atom. The van der Waals surface area contributed by atoms with Gasteiger partial charge in [-0.15, -0.1) is 0 Å². The van der Waals surface area contributed by atoms with Crippen LogP contribution in [0.5, 0.6) is 0 Å². The Bertz CT molecular complexity index is 627. The first-order valence-electron chi connectivity index (χ1n) is 6.18. The van der Waals surface area contributed by atoms with Gasteiger partial charge in [-0.25, -0.2) is 9.18 Å². The molecule has 4 nitrogen and oxygen atoms in total. The topological polar surface area (TPSA) is 55.4 Å². The number of rotatable bonds is 4. The van der Waals surface area contributed by atoms with Gasteiger partial charge in [0.15, 0.2) is 0 Å². The van der Waals surface area contributed by atoms with E-state index in [0.717, 1.165) is 25.0 Å². The van der Waals surface area contributed by atoms with Gasteiger partial charge in [0.25, 0.3) is 5.91 Å². The maximum atomic E-state index is 13.4. The molecule has 1 aliphatic rings. The van der Waals surface area contributed by atoms with Gasteiger partial charge in [0, 0.05) is 0 Å². The summed E-state index contributed by atoms with van der Waals surface area (Å²) in [5, 5.41) is 2.21. The van der Waals surface area contributed by atoms with Crippen LogP contribution in [0.25, 0.3) is 0 Å². The summed E-state index contributed by atoms with van der Waals surface area (Å²) in [5.74, 6) is -1.89. The van der Waals surface area contributed by atoms with E-state index >= 15 is 0 Å². The van der Waals surface area contributed by atoms with Gasteiger partial charge < -0.3 is 10.1 Å². The quantitative estimate of drug-likeness (QED) is 0.523. The van der Waals surface area contributed by atoms with Gasteiger partial charge in [-0.05, 0) is 30.9 Å². The van der Waals surface area contributed by atoms with E-state index in [-0.39, 0.29) is 27.2 Å². The molecular formula is C14H12Cl2FNO3. The highest BCUT2D eigenvalue weighted by atomic mass is 35.5. The fourth-order valence-corrected chi connectivity index (χ4v) is 2.12. The number of amides is 1. The normalized spacial score (nSPS) is 14.8. The number of carbonyl (C=O) groups is 2. The highest BCUT2D eigenvalue weighted by Gasteiger charge is 2.24. The third-order valence-electron chi connectivity index (χ3n) is 2.93. The molecule has 112 valence electrons. The molecule has 1 N–H and O–H groups in total. The number of nitrogens with one attached hydrogen (secondary N) is 1. The van der Waals surface area contributed by atoms with Gasteiger partial charge in [-0.1, -0.05) is 29.3 Å². The van der Waals surface area contributed by atoms with E-state index in [1.165, 1.54) is 7.11 Å². The van der Waals surface area contributed by atoms with Crippen molar-refractivity contribution in [1.82, 2.24) is 5.32 Å². The Hall–Kier alpha value is -1.59. The van der Waals surface area contributed by atoms with Crippen LogP contribution < -0.4 is 5.32 Å². The van der Waals surface area contributed by atoms with Crippen LogP contribution in [0, 0.1) is 11.7 Å². The number of ether oxygens (including phenoxy) is 1. The van der Waals surface area contributed by atoms with Gasteiger partial charge in [0.1, 0.15) is 11.5 Å². The molecule has 1 aromatic rings. The van der Waals surface area contributed by atoms with Crippen molar-refractivity contribution < 1.29 is 18.7 Å². The summed E-state index contributed by atoms with van der Waals surface area (Å²) >= 11 is 11.4. The van der Waals surface area contributed by atoms with Crippen LogP contribution in [0.15, 0.2) is 23.9 Å². The molecular weight excluding hydrogens is 320 g/mol. The Morgan fingerprint density at radius 3 is 2.57 bits per heavy atom. The molecule has 0 atom stereocenters. The minimum Gasteiger partial charge on any atom is -0.464 e. The maximum absolute atomic E-state index is 13.4. The summed E-state index contributed by atoms with van der Waals surface area (Å²) in [5.41, 5.74) is -0.0828. The van der Waals surface area contributed by atoms with Crippen molar-refractivity contribution >= 4 is 35.1 Å². The van der Waals surface area contributed by atoms with Crippen molar-refractivity contribution in [2.45, 2.75) is 12.8 Å². The Morgan fingerprint density at radius 2 is 2.00 bits per heavy atom. The predicted molar refractivity (Wildman–Crippen MR) is 76.7 cm³/mol. The lowest BCUT2D eigenvalue weighted by Crippen LogP contribution is -2.28. The predicted octanol–water partition coefficient (Wildman–Crippen LogP) is 3.33. The summed E-state index contributed by atoms with van der Waals surface area (Å²) in [4.78, 5) is 23.7. The fraction of sp³-hybridized carbons (Fsp3) is 0.286. The van der Waals surface area contributed by atoms with Gasteiger partial charge >= 0.3 is 5.97 Å². The zero-order valence-electron chi connectivity index (χ0n) is 11.1. The first-order chi connectivity index (χ1) is 9.92. The van der Waals surface area contributed by atoms with Crippen LogP contribution in [0.1, 0.15) is 23.2 Å². The molecule has 0 aromatic heterocycles. The first kappa shape index (κ1) is 15.8. The van der Waals surface area contributed by atoms with Crippen LogP contribution in [0.4, 0.5) is 4.39 Å². The maximum Gasteiger partial charge on any atom is 0.354 e. The molecule has 1 saturated carbocycles. The Kier molecular flexibility index (Phi) is 4.85. The van der Waals surface area contributed by atoms with E-state index in [1.807, 2.05) is 0 Å². The zero-order chi connectivity index (χ0) is 15.6. The van der Waals surface area contributed by atoms with Gasteiger partial charge in [-0.3, -0.25) is 4.79 Å². The molecule has 7 heteroatoms. The number of hydrogen-bond donors (Lipinski definition) is 1. The van der Waals surface area contributed by atoms with Crippen molar-refractivity contribution in [2.75, 3.05) is 7.11 Å². The third-order valence-corrected chi connectivity index (χ3v) is 3.53. The summed E-state index contributed by atoms with van der Waals surface area (Å²) in [6, 6.07) is 2.06. The van der Waals surface area contributed by atoms with Crippen LogP contribution >= 0.6 is 23.2 Å². The summed E-state index contributed by atoms with van der Waals surface area (Å²) in [6.07, 6.45) is 3.53. The van der Waals surface area contributed by atoms with E-state index in [9.17, 15) is 14.0 Å². The van der Waals surface area contributed by atoms with Crippen LogP contribution in [0.3, 0.4) is 0 Å². The second-order valence-electron chi connectivity index (χ2n) is 4.61. The van der Waals surface area contributed by atoms with Crippen molar-refractivity contribution in [2.24, 2.45) is 5.92 Å². The lowest BCUT2D eigenvalue weighted by Gasteiger charge is -2.10. The first-order valence-corrected chi connectivity index (χ1v) is 6.94. The third kappa shape index (κ3) is 3.95. The van der Waals surface area contributed by atoms with E-state index in [2.05, 4.69) is 10.1 Å². The standard InChI is InChI=1S/C14H12Cl2FNO3/c1-21-14(20)12(4-7-2-3-7)18-13(19)8-5-11(17)10(16)6-9(8)15/h4-7H,2-3H2,1H3,(H,18,19)/b12-4-. The highest BCUT2D eigenvalue weighted by molar-refractivity contribution is 6.36. The summed E-state index contributed by atoms with van der Waals surface area (Å²) < 4.78 is 18.0. The monoisotopic (exact) mass is 331 g/mol. The number of benzene rings is 1. The molecule has 0 heterocycles. The van der Waals surface area contributed by atoms with Gasteiger partial charge in [0.05, 0.1) is 22.7 Å². The number of carbonyl (C=O) groups excluding carboxylic acids is 2. The van der Waals surface area contributed by atoms with Crippen LogP contribution in [-0.4, -0.2) is 19.0 Å². The molecule has 1 fully saturated rings. The molecule has 0 saturated heterocycles. The minimum absolute atomic E-state index is 0.00506. The van der Waals surface area contributed by atoms with E-state index in [0.29, 0.717) is 0 Å². The number of esters is 1. The second-order valence-corrected chi connectivity index (χ2v) is 5.42. The fourth-order valence-electron chi connectivity index (χ4n) is 1.66. The van der Waals surface area contributed by atoms with Gasteiger partial charge in [-0.2, -0.15) is 0 Å². The molecule has 0 radical (unpaired) electrons. The molecule has 1 amide bonds. The molecule has 1 aromatic carbocycles.